The predicted octanol–water partition coefficient (Wildman–Crippen LogP) is 2.51. The van der Waals surface area contributed by atoms with Gasteiger partial charge in [-0.3, -0.25) is 4.79 Å². The molecule has 0 radical (unpaired) electrons. The first-order valence-electron chi connectivity index (χ1n) is 4.33. The Morgan fingerprint density at radius 2 is 2.29 bits per heavy atom. The van der Waals surface area contributed by atoms with Crippen molar-refractivity contribution < 1.29 is 9.90 Å². The van der Waals surface area contributed by atoms with Gasteiger partial charge in [0.25, 0.3) is 0 Å². The number of fused-ring (bicyclic) bond motifs is 1. The number of carbonyl (C=O) groups is 1. The number of aliphatic hydroxyl groups excluding tert-OH is 1. The summed E-state index contributed by atoms with van der Waals surface area (Å²) < 4.78 is 0.967. The molecule has 0 aliphatic rings. The summed E-state index contributed by atoms with van der Waals surface area (Å²) in [6.45, 7) is 1.98. The van der Waals surface area contributed by atoms with Gasteiger partial charge in [-0.2, -0.15) is 0 Å². The zero-order chi connectivity index (χ0) is 10.1. The minimum Gasteiger partial charge on any atom is -0.392 e. The van der Waals surface area contributed by atoms with E-state index in [9.17, 15) is 4.79 Å². The number of aliphatic hydroxyl groups is 1. The van der Waals surface area contributed by atoms with Gasteiger partial charge in [0.15, 0.2) is 6.29 Å². The van der Waals surface area contributed by atoms with Crippen LogP contribution in [0.2, 0.25) is 0 Å². The molecule has 2 aromatic rings. The third-order valence-corrected chi connectivity index (χ3v) is 3.32. The maximum absolute atomic E-state index is 10.8. The fourth-order valence-electron chi connectivity index (χ4n) is 1.57. The Hall–Kier alpha value is -1.19. The molecule has 0 spiro atoms. The van der Waals surface area contributed by atoms with Crippen molar-refractivity contribution in [1.82, 2.24) is 0 Å². The summed E-state index contributed by atoms with van der Waals surface area (Å²) in [6, 6.07) is 3.87. The van der Waals surface area contributed by atoms with E-state index in [4.69, 9.17) is 5.11 Å². The summed E-state index contributed by atoms with van der Waals surface area (Å²) in [4.78, 5) is 10.8. The Bertz CT molecular complexity index is 485. The highest BCUT2D eigenvalue weighted by Crippen LogP contribution is 2.29. The Labute approximate surface area is 85.8 Å². The summed E-state index contributed by atoms with van der Waals surface area (Å²) in [5, 5.41) is 12.0. The molecule has 0 atom stereocenters. The molecule has 1 aromatic carbocycles. The van der Waals surface area contributed by atoms with Crippen LogP contribution in [0.25, 0.3) is 10.1 Å². The molecule has 0 bridgehead atoms. The largest absolute Gasteiger partial charge is 0.392 e. The van der Waals surface area contributed by atoms with Crippen molar-refractivity contribution in [3.8, 4) is 0 Å². The second kappa shape index (κ2) is 3.52. The highest BCUT2D eigenvalue weighted by molar-refractivity contribution is 7.17. The first-order chi connectivity index (χ1) is 6.76. The van der Waals surface area contributed by atoms with Crippen molar-refractivity contribution in [2.75, 3.05) is 0 Å². The van der Waals surface area contributed by atoms with E-state index < -0.39 is 0 Å². The molecule has 2 rings (SSSR count). The summed E-state index contributed by atoms with van der Waals surface area (Å²) in [7, 11) is 0. The van der Waals surface area contributed by atoms with Gasteiger partial charge < -0.3 is 5.11 Å². The van der Waals surface area contributed by atoms with Crippen molar-refractivity contribution in [3.63, 3.8) is 0 Å². The fraction of sp³-hybridized carbons (Fsp3) is 0.182. The Morgan fingerprint density at radius 3 is 2.93 bits per heavy atom. The molecule has 72 valence electrons. The highest BCUT2D eigenvalue weighted by atomic mass is 32.1. The number of rotatable bonds is 2. The van der Waals surface area contributed by atoms with E-state index >= 15 is 0 Å². The van der Waals surface area contributed by atoms with Crippen LogP contribution in [0.5, 0.6) is 0 Å². The van der Waals surface area contributed by atoms with Crippen LogP contribution in [0, 0.1) is 6.92 Å². The Balaban J connectivity index is 2.83. The van der Waals surface area contributed by atoms with Crippen LogP contribution >= 0.6 is 11.3 Å². The summed E-state index contributed by atoms with van der Waals surface area (Å²) >= 11 is 1.51. The molecule has 1 aromatic heterocycles. The smallest absolute Gasteiger partial charge is 0.151 e. The van der Waals surface area contributed by atoms with Crippen LogP contribution < -0.4 is 0 Å². The molecule has 0 saturated heterocycles. The average molecular weight is 206 g/mol. The van der Waals surface area contributed by atoms with E-state index in [0.717, 1.165) is 27.5 Å². The van der Waals surface area contributed by atoms with Crippen LogP contribution in [0.4, 0.5) is 0 Å². The van der Waals surface area contributed by atoms with Gasteiger partial charge in [-0.15, -0.1) is 11.3 Å². The van der Waals surface area contributed by atoms with Gasteiger partial charge in [-0.05, 0) is 34.9 Å². The summed E-state index contributed by atoms with van der Waals surface area (Å²) in [5.74, 6) is 0. The molecular weight excluding hydrogens is 196 g/mol. The summed E-state index contributed by atoms with van der Waals surface area (Å²) in [6.07, 6.45) is 0.868. The molecule has 0 fully saturated rings. The first kappa shape index (κ1) is 9.37. The zero-order valence-electron chi connectivity index (χ0n) is 7.78. The molecule has 2 nitrogen and oxygen atoms in total. The molecule has 1 N–H and O–H groups in total. The second-order valence-corrected chi connectivity index (χ2v) is 4.15. The number of hydrogen-bond acceptors (Lipinski definition) is 3. The third-order valence-electron chi connectivity index (χ3n) is 2.22. The molecule has 0 saturated carbocycles. The van der Waals surface area contributed by atoms with Gasteiger partial charge >= 0.3 is 0 Å². The predicted molar refractivity (Wildman–Crippen MR) is 57.9 cm³/mol. The Kier molecular flexibility index (Phi) is 2.35. The van der Waals surface area contributed by atoms with Crippen molar-refractivity contribution in [2.45, 2.75) is 13.5 Å². The normalized spacial score (nSPS) is 10.7. The topological polar surface area (TPSA) is 37.3 Å². The number of hydrogen-bond donors (Lipinski definition) is 1. The average Bonchev–Trinajstić information content (AvgIpc) is 2.59. The van der Waals surface area contributed by atoms with E-state index in [0.29, 0.717) is 5.56 Å². The van der Waals surface area contributed by atoms with E-state index in [2.05, 4.69) is 0 Å². The molecule has 14 heavy (non-hydrogen) atoms. The lowest BCUT2D eigenvalue weighted by Gasteiger charge is -1.99. The number of thiophene rings is 1. The van der Waals surface area contributed by atoms with Crippen molar-refractivity contribution in [3.05, 3.63) is 34.2 Å². The lowest BCUT2D eigenvalue weighted by atomic mass is 10.1. The highest BCUT2D eigenvalue weighted by Gasteiger charge is 2.07. The number of benzene rings is 1. The van der Waals surface area contributed by atoms with Gasteiger partial charge in [0.05, 0.1) is 6.61 Å². The molecule has 0 aliphatic carbocycles. The van der Waals surface area contributed by atoms with Gasteiger partial charge in [-0.25, -0.2) is 0 Å². The monoisotopic (exact) mass is 206 g/mol. The van der Waals surface area contributed by atoms with Crippen LogP contribution in [0.1, 0.15) is 21.5 Å². The molecule has 1 heterocycles. The number of aryl methyl sites for hydroxylation is 1. The van der Waals surface area contributed by atoms with Crippen molar-refractivity contribution in [2.24, 2.45) is 0 Å². The number of carbonyl (C=O) groups excluding carboxylic acids is 1. The Morgan fingerprint density at radius 1 is 1.50 bits per heavy atom. The summed E-state index contributed by atoms with van der Waals surface area (Å²) in [5.41, 5.74) is 2.66. The van der Waals surface area contributed by atoms with Crippen molar-refractivity contribution >= 4 is 27.7 Å². The molecular formula is C11H10O2S. The maximum Gasteiger partial charge on any atom is 0.151 e. The zero-order valence-corrected chi connectivity index (χ0v) is 8.60. The van der Waals surface area contributed by atoms with Gasteiger partial charge in [-0.1, -0.05) is 6.07 Å². The minimum atomic E-state index is 0.0295. The van der Waals surface area contributed by atoms with E-state index in [-0.39, 0.29) is 6.61 Å². The third kappa shape index (κ3) is 1.35. The van der Waals surface area contributed by atoms with E-state index in [1.807, 2.05) is 24.4 Å². The number of aldehydes is 1. The van der Waals surface area contributed by atoms with Gasteiger partial charge in [0, 0.05) is 10.3 Å². The standard InChI is InChI=1S/C11H10O2S/c1-7-2-8(4-12)11-10(3-7)9(5-13)6-14-11/h2-4,6,13H,5H2,1H3. The van der Waals surface area contributed by atoms with Crippen LogP contribution in [0.15, 0.2) is 17.5 Å². The van der Waals surface area contributed by atoms with Gasteiger partial charge in [0.2, 0.25) is 0 Å². The van der Waals surface area contributed by atoms with Crippen LogP contribution in [-0.2, 0) is 6.61 Å². The lowest BCUT2D eigenvalue weighted by molar-refractivity contribution is 0.112. The molecule has 0 amide bonds. The quantitative estimate of drug-likeness (QED) is 0.766. The minimum absolute atomic E-state index is 0.0295. The van der Waals surface area contributed by atoms with Crippen LogP contribution in [-0.4, -0.2) is 11.4 Å². The van der Waals surface area contributed by atoms with Gasteiger partial charge in [0.1, 0.15) is 0 Å². The van der Waals surface area contributed by atoms with E-state index in [1.165, 1.54) is 11.3 Å². The second-order valence-electron chi connectivity index (χ2n) is 3.27. The first-order valence-corrected chi connectivity index (χ1v) is 5.21. The molecule has 3 heteroatoms. The van der Waals surface area contributed by atoms with Crippen molar-refractivity contribution in [1.29, 1.82) is 0 Å². The fourth-order valence-corrected chi connectivity index (χ4v) is 2.60. The van der Waals surface area contributed by atoms with Crippen LogP contribution in [0.3, 0.4) is 0 Å². The SMILES string of the molecule is Cc1cc(C=O)c2scc(CO)c2c1. The lowest BCUT2D eigenvalue weighted by Crippen LogP contribution is -1.85. The molecule has 0 unspecified atom stereocenters. The van der Waals surface area contributed by atoms with E-state index in [1.54, 1.807) is 0 Å². The molecule has 0 aliphatic heterocycles. The maximum atomic E-state index is 10.8.